The van der Waals surface area contributed by atoms with Crippen molar-refractivity contribution in [1.82, 2.24) is 30.5 Å². The van der Waals surface area contributed by atoms with Gasteiger partial charge in [-0.3, -0.25) is 4.79 Å². The van der Waals surface area contributed by atoms with E-state index in [0.717, 1.165) is 25.0 Å². The van der Waals surface area contributed by atoms with E-state index in [4.69, 9.17) is 0 Å². The summed E-state index contributed by atoms with van der Waals surface area (Å²) in [5, 5.41) is 14.1. The van der Waals surface area contributed by atoms with Crippen LogP contribution in [0.15, 0.2) is 12.1 Å². The number of pyridine rings is 1. The zero-order valence-electron chi connectivity index (χ0n) is 13.0. The van der Waals surface area contributed by atoms with Crippen LogP contribution >= 0.6 is 0 Å². The number of carbonyl (C=O) groups is 1. The topological polar surface area (TPSA) is 85.6 Å². The summed E-state index contributed by atoms with van der Waals surface area (Å²) in [6.45, 7) is 3.08. The molecule has 7 nitrogen and oxygen atoms in total. The molecule has 24 heavy (non-hydrogen) atoms. The molecule has 2 aromatic rings. The Labute approximate surface area is 135 Å². The molecule has 3 rings (SSSR count). The summed E-state index contributed by atoms with van der Waals surface area (Å²) < 4.78 is 39.6. The van der Waals surface area contributed by atoms with Crippen LogP contribution in [0.5, 0.6) is 0 Å². The first-order valence-corrected chi connectivity index (χ1v) is 7.41. The van der Waals surface area contributed by atoms with E-state index in [1.807, 2.05) is 0 Å². The molecule has 128 valence electrons. The van der Waals surface area contributed by atoms with Crippen molar-refractivity contribution >= 4 is 5.91 Å². The molecule has 1 N–H and O–H groups in total. The average molecular weight is 340 g/mol. The maximum atomic E-state index is 12.6. The third-order valence-corrected chi connectivity index (χ3v) is 3.77. The molecule has 1 unspecified atom stereocenters. The number of hydrogen-bond donors (Lipinski definition) is 1. The molecule has 0 aromatic carbocycles. The van der Waals surface area contributed by atoms with Gasteiger partial charge in [-0.15, -0.1) is 5.10 Å². The van der Waals surface area contributed by atoms with Crippen LogP contribution in [-0.4, -0.2) is 31.1 Å². The number of aryl methyl sites for hydroxylation is 1. The molecule has 1 saturated carbocycles. The Morgan fingerprint density at radius 3 is 2.67 bits per heavy atom. The maximum absolute atomic E-state index is 12.6. The molecule has 0 saturated heterocycles. The molecule has 2 aromatic heterocycles. The van der Waals surface area contributed by atoms with Gasteiger partial charge in [0, 0.05) is 0 Å². The number of nitrogens with one attached hydrogen (secondary N) is 1. The molecule has 10 heteroatoms. The summed E-state index contributed by atoms with van der Waals surface area (Å²) in [6, 6.07) is 1.69. The Balaban J connectivity index is 1.76. The van der Waals surface area contributed by atoms with Gasteiger partial charge in [0.25, 0.3) is 5.91 Å². The average Bonchev–Trinajstić information content (AvgIpc) is 3.22. The van der Waals surface area contributed by atoms with E-state index >= 15 is 0 Å². The van der Waals surface area contributed by atoms with Crippen LogP contribution in [0.25, 0.3) is 0 Å². The summed E-state index contributed by atoms with van der Waals surface area (Å²) >= 11 is 0. The Morgan fingerprint density at radius 1 is 1.38 bits per heavy atom. The third-order valence-electron chi connectivity index (χ3n) is 3.77. The molecule has 1 aliphatic carbocycles. The maximum Gasteiger partial charge on any atom is 0.433 e. The minimum Gasteiger partial charge on any atom is -0.342 e. The van der Waals surface area contributed by atoms with Gasteiger partial charge in [0.15, 0.2) is 5.82 Å². The number of tetrazole rings is 1. The van der Waals surface area contributed by atoms with E-state index in [9.17, 15) is 18.0 Å². The number of amides is 1. The Bertz CT molecular complexity index is 768. The van der Waals surface area contributed by atoms with Gasteiger partial charge in [0.05, 0.1) is 23.3 Å². The highest BCUT2D eigenvalue weighted by molar-refractivity contribution is 5.95. The molecule has 0 bridgehead atoms. The summed E-state index contributed by atoms with van der Waals surface area (Å²) in [5.74, 6) is -0.00468. The van der Waals surface area contributed by atoms with Gasteiger partial charge in [-0.05, 0) is 49.2 Å². The van der Waals surface area contributed by atoms with Crippen molar-refractivity contribution in [3.05, 3.63) is 34.9 Å². The molecule has 0 aliphatic heterocycles. The van der Waals surface area contributed by atoms with Crippen molar-refractivity contribution in [3.63, 3.8) is 0 Å². The lowest BCUT2D eigenvalue weighted by Gasteiger charge is -2.15. The quantitative estimate of drug-likeness (QED) is 0.922. The van der Waals surface area contributed by atoms with Gasteiger partial charge < -0.3 is 5.32 Å². The fraction of sp³-hybridized carbons (Fsp3) is 0.500. The van der Waals surface area contributed by atoms with E-state index in [1.54, 1.807) is 11.6 Å². The van der Waals surface area contributed by atoms with E-state index in [1.165, 1.54) is 6.92 Å². The number of rotatable bonds is 4. The van der Waals surface area contributed by atoms with Crippen molar-refractivity contribution < 1.29 is 18.0 Å². The van der Waals surface area contributed by atoms with E-state index < -0.39 is 23.8 Å². The van der Waals surface area contributed by atoms with Gasteiger partial charge in [0.1, 0.15) is 5.69 Å². The molecular weight excluding hydrogens is 325 g/mol. The molecule has 2 heterocycles. The largest absolute Gasteiger partial charge is 0.433 e. The zero-order valence-corrected chi connectivity index (χ0v) is 13.0. The highest BCUT2D eigenvalue weighted by Crippen LogP contribution is 2.35. The second kappa shape index (κ2) is 5.84. The predicted molar refractivity (Wildman–Crippen MR) is 75.9 cm³/mol. The Morgan fingerprint density at radius 2 is 2.08 bits per heavy atom. The Hall–Kier alpha value is -2.52. The number of nitrogens with zero attached hydrogens (tertiary/aromatic N) is 5. The normalized spacial score (nSPS) is 16.0. The molecule has 1 fully saturated rings. The third kappa shape index (κ3) is 3.22. The van der Waals surface area contributed by atoms with Gasteiger partial charge in [-0.25, -0.2) is 9.67 Å². The second-order valence-electron chi connectivity index (χ2n) is 5.74. The smallest absolute Gasteiger partial charge is 0.342 e. The van der Waals surface area contributed by atoms with Crippen LogP contribution < -0.4 is 5.32 Å². The summed E-state index contributed by atoms with van der Waals surface area (Å²) in [5.41, 5.74) is -0.932. The lowest BCUT2D eigenvalue weighted by atomic mass is 10.1. The molecular formula is C14H15F3N6O. The van der Waals surface area contributed by atoms with Gasteiger partial charge in [-0.2, -0.15) is 13.2 Å². The van der Waals surface area contributed by atoms with Crippen molar-refractivity contribution in [2.45, 2.75) is 44.9 Å². The van der Waals surface area contributed by atoms with Crippen LogP contribution in [-0.2, 0) is 6.18 Å². The highest BCUT2D eigenvalue weighted by atomic mass is 19.4. The van der Waals surface area contributed by atoms with Gasteiger partial charge in [0.2, 0.25) is 0 Å². The molecule has 0 radical (unpaired) electrons. The minimum atomic E-state index is -4.54. The predicted octanol–water partition coefficient (Wildman–Crippen LogP) is 2.22. The van der Waals surface area contributed by atoms with Crippen molar-refractivity contribution in [2.24, 2.45) is 0 Å². The number of halogens is 3. The van der Waals surface area contributed by atoms with Crippen molar-refractivity contribution in [1.29, 1.82) is 0 Å². The second-order valence-corrected chi connectivity index (χ2v) is 5.74. The molecule has 1 atom stereocenters. The molecule has 0 spiro atoms. The fourth-order valence-corrected chi connectivity index (χ4v) is 2.36. The first-order valence-electron chi connectivity index (χ1n) is 7.41. The standard InChI is InChI=1S/C14H15F3N6O/c1-7-10(5-6-11(18-7)14(15,16)17)13(24)19-8(2)12-20-21-22-23(12)9-3-4-9/h5-6,8-9H,3-4H2,1-2H3,(H,19,24). The number of hydrogen-bond acceptors (Lipinski definition) is 5. The number of alkyl halides is 3. The van der Waals surface area contributed by atoms with E-state index in [2.05, 4.69) is 25.8 Å². The van der Waals surface area contributed by atoms with E-state index in [-0.39, 0.29) is 17.3 Å². The first-order chi connectivity index (χ1) is 11.3. The summed E-state index contributed by atoms with van der Waals surface area (Å²) in [7, 11) is 0. The van der Waals surface area contributed by atoms with Crippen LogP contribution in [0.4, 0.5) is 13.2 Å². The van der Waals surface area contributed by atoms with Crippen LogP contribution in [0.1, 0.15) is 59.4 Å². The lowest BCUT2D eigenvalue weighted by Crippen LogP contribution is -2.29. The summed E-state index contributed by atoms with van der Waals surface area (Å²) in [6.07, 6.45) is -2.57. The van der Waals surface area contributed by atoms with E-state index in [0.29, 0.717) is 5.82 Å². The van der Waals surface area contributed by atoms with Gasteiger partial charge in [-0.1, -0.05) is 0 Å². The zero-order chi connectivity index (χ0) is 17.5. The van der Waals surface area contributed by atoms with Gasteiger partial charge >= 0.3 is 6.18 Å². The monoisotopic (exact) mass is 340 g/mol. The van der Waals surface area contributed by atoms with Crippen LogP contribution in [0, 0.1) is 6.92 Å². The van der Waals surface area contributed by atoms with Crippen LogP contribution in [0.3, 0.4) is 0 Å². The number of carbonyl (C=O) groups excluding carboxylic acids is 1. The fourth-order valence-electron chi connectivity index (χ4n) is 2.36. The lowest BCUT2D eigenvalue weighted by molar-refractivity contribution is -0.141. The van der Waals surface area contributed by atoms with Crippen molar-refractivity contribution in [3.8, 4) is 0 Å². The first kappa shape index (κ1) is 16.3. The minimum absolute atomic E-state index is 0.0105. The van der Waals surface area contributed by atoms with Crippen LogP contribution in [0.2, 0.25) is 0 Å². The SMILES string of the molecule is Cc1nc(C(F)(F)F)ccc1C(=O)NC(C)c1nnnn1C1CC1. The molecule has 1 amide bonds. The molecule has 1 aliphatic rings. The Kier molecular flexibility index (Phi) is 3.98. The van der Waals surface area contributed by atoms with Crippen molar-refractivity contribution in [2.75, 3.05) is 0 Å². The number of aromatic nitrogens is 5. The summed E-state index contributed by atoms with van der Waals surface area (Å²) in [4.78, 5) is 15.8. The highest BCUT2D eigenvalue weighted by Gasteiger charge is 2.33.